The largest absolute Gasteiger partial charge is 0.444 e. The molecule has 4 rings (SSSR count). The number of halogens is 1. The second-order valence-electron chi connectivity index (χ2n) is 17.8. The number of alkyl carbamates (subject to hydrolysis) is 4. The molecule has 0 bridgehead atoms. The number of hydrogen-bond donors (Lipinski definition) is 5. The lowest BCUT2D eigenvalue weighted by Crippen LogP contribution is -2.58. The van der Waals surface area contributed by atoms with Gasteiger partial charge >= 0.3 is 30.3 Å². The van der Waals surface area contributed by atoms with E-state index in [4.69, 9.17) is 30.5 Å². The molecule has 2 saturated heterocycles. The van der Waals surface area contributed by atoms with E-state index in [1.54, 1.807) is 83.1 Å². The van der Waals surface area contributed by atoms with Crippen LogP contribution < -0.4 is 36.1 Å². The van der Waals surface area contributed by atoms with Gasteiger partial charge in [-0.2, -0.15) is 4.98 Å². The van der Waals surface area contributed by atoms with Gasteiger partial charge in [-0.1, -0.05) is 4.98 Å². The number of ether oxygens (including phenoxy) is 4. The Bertz CT molecular complexity index is 1600. The van der Waals surface area contributed by atoms with Gasteiger partial charge in [0, 0.05) is 13.1 Å². The minimum atomic E-state index is -0.716. The average Bonchev–Trinajstić information content (AvgIpc) is 3.36. The summed E-state index contributed by atoms with van der Waals surface area (Å²) in [5.41, 5.74) is -1.95. The third kappa shape index (κ3) is 13.4. The highest BCUT2D eigenvalue weighted by Crippen LogP contribution is 2.28. The van der Waals surface area contributed by atoms with Gasteiger partial charge in [-0.3, -0.25) is 9.88 Å². The van der Waals surface area contributed by atoms with Crippen LogP contribution in [0.5, 0.6) is 0 Å². The lowest BCUT2D eigenvalue weighted by molar-refractivity contribution is -0.333. The molecule has 4 heterocycles. The van der Waals surface area contributed by atoms with Crippen LogP contribution in [0.15, 0.2) is 0 Å². The van der Waals surface area contributed by atoms with Crippen LogP contribution in [-0.4, -0.2) is 112 Å². The highest BCUT2D eigenvalue weighted by molar-refractivity contribution is 6.28. The van der Waals surface area contributed by atoms with Gasteiger partial charge in [-0.25, -0.2) is 24.2 Å². The van der Waals surface area contributed by atoms with Gasteiger partial charge in [0.25, 0.3) is 10.9 Å². The Morgan fingerprint density at radius 1 is 0.611 bits per heavy atom. The fourth-order valence-electron chi connectivity index (χ4n) is 6.15. The topological polar surface area (TPSA) is 216 Å². The Morgan fingerprint density at radius 3 is 1.28 bits per heavy atom. The summed E-state index contributed by atoms with van der Waals surface area (Å²) in [5.74, 6) is 0.932. The molecule has 19 heteroatoms. The van der Waals surface area contributed by atoms with E-state index in [2.05, 4.69) is 41.2 Å². The van der Waals surface area contributed by atoms with Crippen molar-refractivity contribution in [1.29, 1.82) is 0 Å². The van der Waals surface area contributed by atoms with Gasteiger partial charge in [0.1, 0.15) is 22.4 Å². The molecule has 4 atom stereocenters. The molecule has 2 aromatic heterocycles. The van der Waals surface area contributed by atoms with Crippen LogP contribution in [0, 0.1) is 0 Å². The smallest absolute Gasteiger partial charge is 0.407 e. The number of nitrogens with one attached hydrogen (secondary N) is 6. The summed E-state index contributed by atoms with van der Waals surface area (Å²) in [6, 6.07) is -1.78. The highest BCUT2D eigenvalue weighted by atomic mass is 35.5. The maximum Gasteiger partial charge on any atom is 0.407 e. The number of nitrogens with zero attached hydrogens (tertiary/aromatic N) is 4. The Morgan fingerprint density at radius 2 is 0.944 bits per heavy atom. The molecule has 0 unspecified atom stereocenters. The molecule has 0 aromatic carbocycles. The molecule has 0 spiro atoms. The summed E-state index contributed by atoms with van der Waals surface area (Å²) in [6.07, 6.45) is -1.55. The average molecular weight is 782 g/mol. The normalized spacial score (nSPS) is 21.2. The third-order valence-corrected chi connectivity index (χ3v) is 7.91. The number of hydrogen-bond acceptors (Lipinski definition) is 12. The fourth-order valence-corrected chi connectivity index (χ4v) is 6.31. The molecule has 0 radical (unpaired) electrons. The van der Waals surface area contributed by atoms with Crippen molar-refractivity contribution >= 4 is 58.9 Å². The van der Waals surface area contributed by atoms with Crippen LogP contribution in [0.25, 0.3) is 11.2 Å². The van der Waals surface area contributed by atoms with E-state index in [9.17, 15) is 19.2 Å². The van der Waals surface area contributed by atoms with E-state index in [1.807, 2.05) is 9.80 Å². The van der Waals surface area contributed by atoms with Crippen molar-refractivity contribution in [2.75, 3.05) is 36.0 Å². The van der Waals surface area contributed by atoms with Gasteiger partial charge < -0.3 is 45.1 Å². The molecule has 4 amide bonds. The first-order valence-electron chi connectivity index (χ1n) is 18.2. The molecule has 2 fully saturated rings. The summed E-state index contributed by atoms with van der Waals surface area (Å²) in [6.45, 7) is 22.6. The molecule has 0 aliphatic carbocycles. The maximum atomic E-state index is 12.9. The summed E-state index contributed by atoms with van der Waals surface area (Å²) in [5, 5.41) is 11.7. The van der Waals surface area contributed by atoms with Crippen LogP contribution in [0.4, 0.5) is 30.9 Å². The van der Waals surface area contributed by atoms with Crippen molar-refractivity contribution in [3.63, 3.8) is 0 Å². The van der Waals surface area contributed by atoms with Crippen molar-refractivity contribution in [3.05, 3.63) is 5.28 Å². The first-order chi connectivity index (χ1) is 24.7. The first kappa shape index (κ1) is 42.3. The Balaban J connectivity index is 1.65. The summed E-state index contributed by atoms with van der Waals surface area (Å²) in [4.78, 5) is 70.9. The van der Waals surface area contributed by atoms with Gasteiger partial charge in [-0.15, -0.1) is 0 Å². The lowest BCUT2D eigenvalue weighted by atomic mass is 10.0. The van der Waals surface area contributed by atoms with E-state index in [1.165, 1.54) is 0 Å². The molecule has 6 N–H and O–H groups in total. The molecule has 302 valence electrons. The molecule has 54 heavy (non-hydrogen) atoms. The highest BCUT2D eigenvalue weighted by Gasteiger charge is 2.38. The number of carbonyl (C=O) groups excluding carboxylic acids is 4. The van der Waals surface area contributed by atoms with E-state index in [0.29, 0.717) is 62.0 Å². The summed E-state index contributed by atoms with van der Waals surface area (Å²) < 4.78 is 22.1. The number of amides is 4. The van der Waals surface area contributed by atoms with Crippen LogP contribution in [-0.2, 0) is 18.9 Å². The van der Waals surface area contributed by atoms with E-state index >= 15 is 0 Å². The van der Waals surface area contributed by atoms with E-state index in [0.717, 1.165) is 0 Å². The number of H-pyrrole nitrogens is 2. The van der Waals surface area contributed by atoms with Crippen molar-refractivity contribution < 1.29 is 43.1 Å². The zero-order valence-corrected chi connectivity index (χ0v) is 34.2. The number of anilines is 2. The number of fused-ring (bicyclic) bond motifs is 1. The number of aromatic amines is 2. The van der Waals surface area contributed by atoms with Gasteiger partial charge in [0.15, 0.2) is 11.3 Å². The van der Waals surface area contributed by atoms with Gasteiger partial charge in [0.2, 0.25) is 0 Å². The summed E-state index contributed by atoms with van der Waals surface area (Å²) in [7, 11) is 0. The minimum Gasteiger partial charge on any atom is -0.444 e. The van der Waals surface area contributed by atoms with Crippen LogP contribution in [0.1, 0.15) is 95.9 Å². The van der Waals surface area contributed by atoms with Gasteiger partial charge in [-0.05, 0) is 108 Å². The SMILES string of the molecule is CC(C)(C)OC(=O)N[C@@H]1C[C@H](NC(=O)OC(C)(C)C)CN(c2[nH]c3c(N4C[C@H](NC(=O)OC(C)(C)C)C[C@H](NC(=O)OC(C)(C)C)C4)nc(Cl)nc3[nH+]2)C1. The van der Waals surface area contributed by atoms with Crippen LogP contribution in [0.2, 0.25) is 5.28 Å². The Kier molecular flexibility index (Phi) is 12.6. The number of carbonyl (C=O) groups is 4. The number of piperidine rings is 2. The maximum absolute atomic E-state index is 12.9. The number of rotatable bonds is 6. The second-order valence-corrected chi connectivity index (χ2v) is 18.1. The molecular weight excluding hydrogens is 724 g/mol. The quantitative estimate of drug-likeness (QED) is 0.204. The number of imidazole rings is 1. The van der Waals surface area contributed by atoms with Crippen LogP contribution >= 0.6 is 11.6 Å². The first-order valence-corrected chi connectivity index (χ1v) is 18.5. The van der Waals surface area contributed by atoms with Crippen molar-refractivity contribution in [3.8, 4) is 0 Å². The van der Waals surface area contributed by atoms with Crippen LogP contribution in [0.3, 0.4) is 0 Å². The second kappa shape index (κ2) is 16.1. The van der Waals surface area contributed by atoms with Crippen molar-refractivity contribution in [2.24, 2.45) is 0 Å². The molecule has 2 aromatic rings. The third-order valence-electron chi connectivity index (χ3n) is 7.74. The Hall–Kier alpha value is -4.48. The fraction of sp³-hybridized carbons (Fsp3) is 0.743. The number of aromatic nitrogens is 4. The molecule has 0 saturated carbocycles. The molecule has 2 aliphatic heterocycles. The standard InChI is InChI=1S/C35H57ClN10O8/c1-32(2,3)51-28(47)37-19-13-20(38-29(48)52-33(4,5)6)16-45(15-19)25-23-24(42-26(36)44-25)43-27(41-23)46-17-21(39-30(49)53-34(7,8)9)14-22(18-46)40-31(50)54-35(10,11)12/h19-22H,13-18H2,1-12H3,(H,37,47)(H,38,48)(H,39,49)(H,40,50)(H,41,42,43,44)/p+1/t19-,20+,21-,22+. The zero-order chi connectivity index (χ0) is 40.4. The predicted octanol–water partition coefficient (Wildman–Crippen LogP) is 4.42. The monoisotopic (exact) mass is 781 g/mol. The molecular formula is C35H58ClN10O8+. The Labute approximate surface area is 321 Å². The predicted molar refractivity (Wildman–Crippen MR) is 202 cm³/mol. The molecule has 18 nitrogen and oxygen atoms in total. The molecule has 2 aliphatic rings. The lowest BCUT2D eigenvalue weighted by Gasteiger charge is -2.39. The van der Waals surface area contributed by atoms with E-state index < -0.39 is 70.9 Å². The van der Waals surface area contributed by atoms with Gasteiger partial charge in [0.05, 0.1) is 37.3 Å². The zero-order valence-electron chi connectivity index (χ0n) is 33.5. The summed E-state index contributed by atoms with van der Waals surface area (Å²) >= 11 is 6.49. The van der Waals surface area contributed by atoms with E-state index in [-0.39, 0.29) is 5.28 Å². The van der Waals surface area contributed by atoms with Crippen molar-refractivity contribution in [2.45, 2.75) is 142 Å². The van der Waals surface area contributed by atoms with Crippen molar-refractivity contribution in [1.82, 2.24) is 36.2 Å². The minimum absolute atomic E-state index is 0.0363.